The molecule has 0 spiro atoms. The molecule has 0 N–H and O–H groups in total. The Morgan fingerprint density at radius 2 is 1.96 bits per heavy atom. The normalized spacial score (nSPS) is 17.4. The number of amides is 1. The number of rotatable bonds is 5. The molecule has 1 unspecified atom stereocenters. The lowest BCUT2D eigenvalue weighted by Crippen LogP contribution is -2.44. The van der Waals surface area contributed by atoms with Gasteiger partial charge in [0.2, 0.25) is 5.91 Å². The van der Waals surface area contributed by atoms with E-state index < -0.39 is 4.92 Å². The summed E-state index contributed by atoms with van der Waals surface area (Å²) in [5.74, 6) is -0.0304. The number of piperidine rings is 1. The van der Waals surface area contributed by atoms with Crippen molar-refractivity contribution in [3.63, 3.8) is 0 Å². The van der Waals surface area contributed by atoms with Crippen LogP contribution in [0.1, 0.15) is 30.4 Å². The molecule has 1 aliphatic rings. The molecule has 0 saturated carbocycles. The van der Waals surface area contributed by atoms with Gasteiger partial charge in [0, 0.05) is 30.8 Å². The highest BCUT2D eigenvalue weighted by molar-refractivity contribution is 5.92. The van der Waals surface area contributed by atoms with Gasteiger partial charge in [-0.1, -0.05) is 42.5 Å². The smallest absolute Gasteiger partial charge is 0.270 e. The van der Waals surface area contributed by atoms with E-state index in [4.69, 9.17) is 0 Å². The molecule has 2 aromatic carbocycles. The summed E-state index contributed by atoms with van der Waals surface area (Å²) in [5.41, 5.74) is 1.92. The van der Waals surface area contributed by atoms with E-state index in [-0.39, 0.29) is 17.6 Å². The summed E-state index contributed by atoms with van der Waals surface area (Å²) in [7, 11) is 0. The van der Waals surface area contributed by atoms with Crippen LogP contribution in [-0.2, 0) is 11.2 Å². The lowest BCUT2D eigenvalue weighted by Gasteiger charge is -2.35. The second-order valence-electron chi connectivity index (χ2n) is 6.56. The van der Waals surface area contributed by atoms with E-state index in [0.29, 0.717) is 5.56 Å². The van der Waals surface area contributed by atoms with Gasteiger partial charge in [-0.25, -0.2) is 0 Å². The van der Waals surface area contributed by atoms with Crippen LogP contribution in [0, 0.1) is 10.1 Å². The maximum atomic E-state index is 12.7. The molecule has 3 rings (SSSR count). The number of benzene rings is 2. The Hall–Kier alpha value is -2.95. The van der Waals surface area contributed by atoms with Gasteiger partial charge in [-0.3, -0.25) is 14.9 Å². The third-order valence-electron chi connectivity index (χ3n) is 4.72. The molecule has 5 heteroatoms. The highest BCUT2D eigenvalue weighted by Gasteiger charge is 2.25. The first-order chi connectivity index (χ1) is 12.6. The monoisotopic (exact) mass is 350 g/mol. The average molecular weight is 350 g/mol. The van der Waals surface area contributed by atoms with E-state index in [1.165, 1.54) is 23.8 Å². The number of carbonyl (C=O) groups is 1. The fourth-order valence-electron chi connectivity index (χ4n) is 3.39. The Morgan fingerprint density at radius 3 is 2.73 bits per heavy atom. The van der Waals surface area contributed by atoms with Crippen LogP contribution in [0.25, 0.3) is 6.08 Å². The molecule has 2 aromatic rings. The summed E-state index contributed by atoms with van der Waals surface area (Å²) in [5, 5.41) is 10.9. The summed E-state index contributed by atoms with van der Waals surface area (Å²) >= 11 is 0. The molecule has 0 bridgehead atoms. The van der Waals surface area contributed by atoms with Crippen LogP contribution in [0.4, 0.5) is 5.69 Å². The van der Waals surface area contributed by atoms with Crippen LogP contribution >= 0.6 is 0 Å². The van der Waals surface area contributed by atoms with Crippen molar-refractivity contribution in [2.24, 2.45) is 0 Å². The third-order valence-corrected chi connectivity index (χ3v) is 4.72. The molecule has 134 valence electrons. The lowest BCUT2D eigenvalue weighted by molar-refractivity contribution is -0.384. The first kappa shape index (κ1) is 17.9. The maximum Gasteiger partial charge on any atom is 0.270 e. The van der Waals surface area contributed by atoms with Gasteiger partial charge in [0.1, 0.15) is 0 Å². The van der Waals surface area contributed by atoms with Gasteiger partial charge in [-0.2, -0.15) is 0 Å². The van der Waals surface area contributed by atoms with Crippen molar-refractivity contribution in [2.45, 2.75) is 31.7 Å². The first-order valence-corrected chi connectivity index (χ1v) is 8.90. The summed E-state index contributed by atoms with van der Waals surface area (Å²) in [6.07, 6.45) is 7.20. The molecule has 0 radical (unpaired) electrons. The Morgan fingerprint density at radius 1 is 1.15 bits per heavy atom. The minimum Gasteiger partial charge on any atom is -0.336 e. The Bertz CT molecular complexity index is 802. The number of nitro groups is 1. The van der Waals surface area contributed by atoms with Crippen molar-refractivity contribution in [1.82, 2.24) is 4.90 Å². The molecule has 1 fully saturated rings. The SMILES string of the molecule is O=C(/C=C/c1cccc([N+](=O)[O-])c1)N1CCCCC1Cc1ccccc1. The second-order valence-corrected chi connectivity index (χ2v) is 6.56. The molecule has 1 aliphatic heterocycles. The summed E-state index contributed by atoms with van der Waals surface area (Å²) < 4.78 is 0. The molecule has 1 atom stereocenters. The van der Waals surface area contributed by atoms with E-state index >= 15 is 0 Å². The molecule has 0 aliphatic carbocycles. The number of likely N-dealkylation sites (tertiary alicyclic amines) is 1. The minimum atomic E-state index is -0.431. The Labute approximate surface area is 153 Å². The van der Waals surface area contributed by atoms with Gasteiger partial charge in [0.05, 0.1) is 4.92 Å². The Balaban J connectivity index is 1.70. The highest BCUT2D eigenvalue weighted by atomic mass is 16.6. The molecule has 1 saturated heterocycles. The standard InChI is InChI=1S/C21H22N2O3/c24-21(13-12-18-9-6-11-20(16-18)23(25)26)22-14-5-4-10-19(22)15-17-7-2-1-3-8-17/h1-3,6-9,11-13,16,19H,4-5,10,14-15H2/b13-12+. The van der Waals surface area contributed by atoms with Crippen LogP contribution < -0.4 is 0 Å². The zero-order chi connectivity index (χ0) is 18.4. The average Bonchev–Trinajstić information content (AvgIpc) is 2.67. The van der Waals surface area contributed by atoms with Gasteiger partial charge < -0.3 is 4.90 Å². The number of carbonyl (C=O) groups excluding carboxylic acids is 1. The molecule has 5 nitrogen and oxygen atoms in total. The Kier molecular flexibility index (Phi) is 5.79. The topological polar surface area (TPSA) is 63.4 Å². The number of hydrogen-bond acceptors (Lipinski definition) is 3. The van der Waals surface area contributed by atoms with Gasteiger partial charge in [0.25, 0.3) is 5.69 Å². The van der Waals surface area contributed by atoms with Crippen LogP contribution in [-0.4, -0.2) is 28.3 Å². The zero-order valence-electron chi connectivity index (χ0n) is 14.6. The molecular formula is C21H22N2O3. The molecular weight excluding hydrogens is 328 g/mol. The van der Waals surface area contributed by atoms with Crippen LogP contribution in [0.15, 0.2) is 60.7 Å². The fourth-order valence-corrected chi connectivity index (χ4v) is 3.39. The first-order valence-electron chi connectivity index (χ1n) is 8.90. The van der Waals surface area contributed by atoms with Gasteiger partial charge in [0.15, 0.2) is 0 Å². The minimum absolute atomic E-state index is 0.0273. The summed E-state index contributed by atoms with van der Waals surface area (Å²) in [4.78, 5) is 25.1. The summed E-state index contributed by atoms with van der Waals surface area (Å²) in [6, 6.07) is 16.7. The van der Waals surface area contributed by atoms with E-state index in [9.17, 15) is 14.9 Å². The number of nitro benzene ring substituents is 1. The van der Waals surface area contributed by atoms with Crippen molar-refractivity contribution in [3.05, 3.63) is 81.9 Å². The van der Waals surface area contributed by atoms with Crippen molar-refractivity contribution < 1.29 is 9.72 Å². The van der Waals surface area contributed by atoms with Crippen molar-refractivity contribution in [3.8, 4) is 0 Å². The van der Waals surface area contributed by atoms with Crippen molar-refractivity contribution >= 4 is 17.7 Å². The molecule has 26 heavy (non-hydrogen) atoms. The second kappa shape index (κ2) is 8.43. The van der Waals surface area contributed by atoms with Crippen molar-refractivity contribution in [1.29, 1.82) is 0 Å². The molecule has 1 amide bonds. The summed E-state index contributed by atoms with van der Waals surface area (Å²) in [6.45, 7) is 0.760. The number of non-ortho nitro benzene ring substituents is 1. The third kappa shape index (κ3) is 4.57. The van der Waals surface area contributed by atoms with E-state index in [2.05, 4.69) is 12.1 Å². The van der Waals surface area contributed by atoms with E-state index in [0.717, 1.165) is 32.2 Å². The fraction of sp³-hybridized carbons (Fsp3) is 0.286. The van der Waals surface area contributed by atoms with Gasteiger partial charge in [-0.05, 0) is 42.9 Å². The van der Waals surface area contributed by atoms with Gasteiger partial charge in [-0.15, -0.1) is 0 Å². The van der Waals surface area contributed by atoms with E-state index in [1.54, 1.807) is 18.2 Å². The van der Waals surface area contributed by atoms with Crippen molar-refractivity contribution in [2.75, 3.05) is 6.54 Å². The van der Waals surface area contributed by atoms with Crippen LogP contribution in [0.3, 0.4) is 0 Å². The zero-order valence-corrected chi connectivity index (χ0v) is 14.6. The molecule has 0 aromatic heterocycles. The van der Waals surface area contributed by atoms with Gasteiger partial charge >= 0.3 is 0 Å². The number of nitrogens with zero attached hydrogens (tertiary/aromatic N) is 2. The maximum absolute atomic E-state index is 12.7. The highest BCUT2D eigenvalue weighted by Crippen LogP contribution is 2.22. The van der Waals surface area contributed by atoms with E-state index in [1.807, 2.05) is 23.1 Å². The lowest BCUT2D eigenvalue weighted by atomic mass is 9.95. The predicted molar refractivity (Wildman–Crippen MR) is 102 cm³/mol. The predicted octanol–water partition coefficient (Wildman–Crippen LogP) is 4.23. The van der Waals surface area contributed by atoms with Crippen LogP contribution in [0.5, 0.6) is 0 Å². The number of hydrogen-bond donors (Lipinski definition) is 0. The quantitative estimate of drug-likeness (QED) is 0.460. The van der Waals surface area contributed by atoms with Crippen LogP contribution in [0.2, 0.25) is 0 Å². The molecule has 1 heterocycles. The largest absolute Gasteiger partial charge is 0.336 e.